The van der Waals surface area contributed by atoms with Crippen molar-refractivity contribution in [3.8, 4) is 22.3 Å². The molecular formula is C50H62Cl2Hf. The molecule has 0 nitrogen and oxygen atoms in total. The third kappa shape index (κ3) is 8.16. The van der Waals surface area contributed by atoms with Gasteiger partial charge in [-0.25, -0.2) is 0 Å². The van der Waals surface area contributed by atoms with Crippen molar-refractivity contribution in [2.45, 2.75) is 131 Å². The molecule has 0 heterocycles. The smallest absolute Gasteiger partial charge is 0.147 e. The van der Waals surface area contributed by atoms with E-state index in [1.807, 2.05) is 3.26 Å². The van der Waals surface area contributed by atoms with Crippen LogP contribution in [0, 0.1) is 0 Å². The van der Waals surface area contributed by atoms with E-state index in [2.05, 4.69) is 180 Å². The standard InChI is InChI=1S/2C23H27.C4H6.2ClH.Hf/c2*1-22(2,3)18-13-17(14-19(15-18)23(4,5)6)21-12-8-10-16-9-7-11-20(16)21;1-2-4-3-1;;;/h2*7-15H,1-6H3;1-3H2;2*1H;. The zero-order valence-electron chi connectivity index (χ0n) is 34.3. The van der Waals surface area contributed by atoms with Crippen LogP contribution >= 0.6 is 24.8 Å². The molecule has 0 spiro atoms. The van der Waals surface area contributed by atoms with E-state index in [-0.39, 0.29) is 46.5 Å². The normalized spacial score (nSPS) is 17.8. The monoisotopic (exact) mass is 912 g/mol. The van der Waals surface area contributed by atoms with Crippen molar-refractivity contribution in [1.29, 1.82) is 0 Å². The summed E-state index contributed by atoms with van der Waals surface area (Å²) in [4.78, 5) is 0. The molecule has 4 aromatic carbocycles. The number of rotatable bonds is 4. The van der Waals surface area contributed by atoms with Gasteiger partial charge >= 0.3 is 319 Å². The second-order valence-corrected chi connectivity index (χ2v) is 30.1. The van der Waals surface area contributed by atoms with Crippen molar-refractivity contribution in [2.24, 2.45) is 0 Å². The minimum Gasteiger partial charge on any atom is -0.147 e. The van der Waals surface area contributed by atoms with Gasteiger partial charge in [0, 0.05) is 0 Å². The molecule has 53 heavy (non-hydrogen) atoms. The topological polar surface area (TPSA) is 0 Å². The van der Waals surface area contributed by atoms with E-state index in [0.717, 1.165) is 0 Å². The first-order valence-corrected chi connectivity index (χ1v) is 25.4. The zero-order chi connectivity index (χ0) is 36.7. The number of benzene rings is 4. The fourth-order valence-electron chi connectivity index (χ4n) is 8.29. The maximum absolute atomic E-state index is 2.65. The van der Waals surface area contributed by atoms with Crippen molar-refractivity contribution in [2.75, 3.05) is 0 Å². The van der Waals surface area contributed by atoms with Gasteiger partial charge in [0.05, 0.1) is 0 Å². The molecule has 4 aromatic rings. The zero-order valence-corrected chi connectivity index (χ0v) is 39.6. The number of hydrogen-bond acceptors (Lipinski definition) is 0. The van der Waals surface area contributed by atoms with E-state index in [1.165, 1.54) is 74.9 Å². The first-order valence-electron chi connectivity index (χ1n) is 19.5. The molecule has 1 saturated carbocycles. The van der Waals surface area contributed by atoms with Gasteiger partial charge in [0.15, 0.2) is 0 Å². The Kier molecular flexibility index (Phi) is 11.8. The summed E-state index contributed by atoms with van der Waals surface area (Å²) in [7, 11) is 0. The van der Waals surface area contributed by atoms with Crippen LogP contribution in [0.2, 0.25) is 0 Å². The predicted octanol–water partition coefficient (Wildman–Crippen LogP) is 14.9. The molecule has 0 radical (unpaired) electrons. The Morgan fingerprint density at radius 3 is 1.09 bits per heavy atom. The van der Waals surface area contributed by atoms with Crippen LogP contribution in [0.25, 0.3) is 34.4 Å². The Balaban J connectivity index is 0.00000271. The molecule has 0 N–H and O–H groups in total. The van der Waals surface area contributed by atoms with Gasteiger partial charge in [0.2, 0.25) is 0 Å². The Labute approximate surface area is 341 Å². The van der Waals surface area contributed by atoms with Crippen LogP contribution in [0.15, 0.2) is 84.9 Å². The van der Waals surface area contributed by atoms with Crippen LogP contribution < -0.4 is 0 Å². The maximum atomic E-state index is 2.65. The Hall–Kier alpha value is -2.32. The molecule has 0 aromatic heterocycles. The maximum Gasteiger partial charge on any atom is -0.147 e. The molecule has 0 saturated heterocycles. The third-order valence-corrected chi connectivity index (χ3v) is 25.0. The molecule has 3 aliphatic rings. The van der Waals surface area contributed by atoms with Gasteiger partial charge in [-0.15, -0.1) is 24.8 Å². The number of allylic oxidation sites excluding steroid dienone is 2. The van der Waals surface area contributed by atoms with Crippen LogP contribution in [-0.2, 0) is 42.6 Å². The second kappa shape index (κ2) is 15.0. The van der Waals surface area contributed by atoms with Gasteiger partial charge < -0.3 is 0 Å². The molecule has 1 fully saturated rings. The third-order valence-electron chi connectivity index (χ3n) is 11.8. The molecule has 2 atom stereocenters. The number of hydrogen-bond donors (Lipinski definition) is 0. The molecule has 7 rings (SSSR count). The largest absolute Gasteiger partial charge is 0.147 e. The van der Waals surface area contributed by atoms with Gasteiger partial charge in [0.1, 0.15) is 0 Å². The average Bonchev–Trinajstić information content (AvgIpc) is 3.65. The molecule has 3 aliphatic carbocycles. The van der Waals surface area contributed by atoms with Crippen LogP contribution in [0.4, 0.5) is 0 Å². The van der Waals surface area contributed by atoms with Crippen molar-refractivity contribution in [3.05, 3.63) is 129 Å². The SMILES string of the molecule is CC(C)(C)c1cc(-c2cccc3c2C=C[CH]3[Hf](=[C]2CCC2)[CH]2C=Cc3c(-c4cc(C(C)(C)C)cc(C(C)(C)C)c4)cccc32)cc(C(C)(C)C)c1.Cl.Cl. The molecule has 3 heteroatoms. The fourth-order valence-corrected chi connectivity index (χ4v) is 22.6. The summed E-state index contributed by atoms with van der Waals surface area (Å²) >= 11 is -2.48. The molecule has 0 amide bonds. The Bertz CT molecular complexity index is 1900. The van der Waals surface area contributed by atoms with E-state index >= 15 is 0 Å². The van der Waals surface area contributed by atoms with E-state index in [1.54, 1.807) is 11.1 Å². The Morgan fingerprint density at radius 1 is 0.472 bits per heavy atom. The first-order chi connectivity index (χ1) is 23.8. The van der Waals surface area contributed by atoms with Crippen LogP contribution in [0.1, 0.15) is 154 Å². The summed E-state index contributed by atoms with van der Waals surface area (Å²) in [6, 6.07) is 29.3. The van der Waals surface area contributed by atoms with Crippen LogP contribution in [-0.4, -0.2) is 3.26 Å². The van der Waals surface area contributed by atoms with Gasteiger partial charge in [-0.1, -0.05) is 0 Å². The summed E-state index contributed by atoms with van der Waals surface area (Å²) in [5.41, 5.74) is 17.8. The molecule has 0 bridgehead atoms. The van der Waals surface area contributed by atoms with Crippen molar-refractivity contribution >= 4 is 40.2 Å². The van der Waals surface area contributed by atoms with Crippen LogP contribution in [0.3, 0.4) is 0 Å². The first kappa shape index (κ1) is 41.8. The van der Waals surface area contributed by atoms with Gasteiger partial charge in [-0.05, 0) is 0 Å². The summed E-state index contributed by atoms with van der Waals surface area (Å²) in [6.07, 6.45) is 14.4. The average molecular weight is 912 g/mol. The fraction of sp³-hybridized carbons (Fsp3) is 0.420. The number of halogens is 2. The van der Waals surface area contributed by atoms with E-state index < -0.39 is 21.0 Å². The van der Waals surface area contributed by atoms with Gasteiger partial charge in [0.25, 0.3) is 0 Å². The quantitative estimate of drug-likeness (QED) is 0.179. The number of fused-ring (bicyclic) bond motifs is 2. The van der Waals surface area contributed by atoms with E-state index in [0.29, 0.717) is 7.35 Å². The summed E-state index contributed by atoms with van der Waals surface area (Å²) in [5.74, 6) is 0. The van der Waals surface area contributed by atoms with Crippen molar-refractivity contribution in [3.63, 3.8) is 0 Å². The molecular weight excluding hydrogens is 850 g/mol. The summed E-state index contributed by atoms with van der Waals surface area (Å²) in [5, 5.41) is 0. The summed E-state index contributed by atoms with van der Waals surface area (Å²) < 4.78 is 3.15. The second-order valence-electron chi connectivity index (χ2n) is 19.8. The van der Waals surface area contributed by atoms with Crippen molar-refractivity contribution in [1.82, 2.24) is 0 Å². The van der Waals surface area contributed by atoms with E-state index in [9.17, 15) is 0 Å². The minimum absolute atomic E-state index is 0. The summed E-state index contributed by atoms with van der Waals surface area (Å²) in [6.45, 7) is 28.2. The Morgan fingerprint density at radius 2 is 0.811 bits per heavy atom. The molecule has 2 unspecified atom stereocenters. The van der Waals surface area contributed by atoms with Gasteiger partial charge in [-0.2, -0.15) is 0 Å². The molecule has 0 aliphatic heterocycles. The van der Waals surface area contributed by atoms with E-state index in [4.69, 9.17) is 0 Å². The molecule has 280 valence electrons. The van der Waals surface area contributed by atoms with Crippen LogP contribution in [0.5, 0.6) is 0 Å². The predicted molar refractivity (Wildman–Crippen MR) is 235 cm³/mol. The van der Waals surface area contributed by atoms with Crippen molar-refractivity contribution < 1.29 is 21.0 Å². The minimum atomic E-state index is -2.48. The van der Waals surface area contributed by atoms with Gasteiger partial charge in [-0.3, -0.25) is 0 Å².